The molecule has 0 heterocycles. The highest BCUT2D eigenvalue weighted by atomic mass is 16.6. The summed E-state index contributed by atoms with van der Waals surface area (Å²) in [6.07, 6.45) is 0. The molecule has 4 heteroatoms. The summed E-state index contributed by atoms with van der Waals surface area (Å²) in [6, 6.07) is 14.1. The van der Waals surface area contributed by atoms with Crippen molar-refractivity contribution in [2.24, 2.45) is 0 Å². The van der Waals surface area contributed by atoms with Crippen LogP contribution >= 0.6 is 0 Å². The molecule has 4 rings (SSSR count). The predicted molar refractivity (Wildman–Crippen MR) is 76.7 cm³/mol. The number of nitro benzene ring substituents is 1. The molecular weight excluding hydrogens is 254 g/mol. The van der Waals surface area contributed by atoms with Gasteiger partial charge in [0, 0.05) is 17.0 Å². The van der Waals surface area contributed by atoms with E-state index < -0.39 is 0 Å². The third-order valence-electron chi connectivity index (χ3n) is 3.82. The fourth-order valence-electron chi connectivity index (χ4n) is 3.01. The number of hydrogen-bond donors (Lipinski definition) is 1. The number of nitro groups is 1. The molecule has 0 spiro atoms. The van der Waals surface area contributed by atoms with Crippen molar-refractivity contribution in [1.82, 2.24) is 0 Å². The molecule has 0 radical (unpaired) electrons. The largest absolute Gasteiger partial charge is 0.507 e. The number of hydrogen-bond acceptors (Lipinski definition) is 3. The van der Waals surface area contributed by atoms with Crippen LogP contribution in [0, 0.1) is 10.1 Å². The van der Waals surface area contributed by atoms with Gasteiger partial charge in [-0.05, 0) is 34.9 Å². The molecule has 0 fully saturated rings. The van der Waals surface area contributed by atoms with Gasteiger partial charge in [0.1, 0.15) is 5.75 Å². The second-order valence-electron chi connectivity index (χ2n) is 4.82. The number of benzene rings is 3. The van der Waals surface area contributed by atoms with Crippen LogP contribution in [-0.2, 0) is 0 Å². The number of nitrogens with zero attached hydrogens (tertiary/aromatic N) is 1. The zero-order valence-corrected chi connectivity index (χ0v) is 10.3. The number of rotatable bonds is 1. The maximum Gasteiger partial charge on any atom is 0.277 e. The summed E-state index contributed by atoms with van der Waals surface area (Å²) < 4.78 is 0. The second kappa shape index (κ2) is 3.57. The summed E-state index contributed by atoms with van der Waals surface area (Å²) in [5.41, 5.74) is 3.62. The lowest BCUT2D eigenvalue weighted by atomic mass is 10.0. The highest BCUT2D eigenvalue weighted by Crippen LogP contribution is 2.52. The Morgan fingerprint density at radius 3 is 2.40 bits per heavy atom. The van der Waals surface area contributed by atoms with Gasteiger partial charge in [-0.2, -0.15) is 0 Å². The topological polar surface area (TPSA) is 63.4 Å². The van der Waals surface area contributed by atoms with E-state index in [-0.39, 0.29) is 16.4 Å². The van der Waals surface area contributed by atoms with E-state index in [9.17, 15) is 15.2 Å². The van der Waals surface area contributed by atoms with E-state index in [0.29, 0.717) is 10.9 Å². The molecule has 0 aliphatic heterocycles. The van der Waals surface area contributed by atoms with E-state index in [1.54, 1.807) is 12.1 Å². The molecule has 0 unspecified atom stereocenters. The maximum absolute atomic E-state index is 11.2. The third-order valence-corrected chi connectivity index (χ3v) is 3.82. The van der Waals surface area contributed by atoms with Gasteiger partial charge in [0.05, 0.1) is 10.3 Å². The SMILES string of the molecule is O=[N+]([O-])c1ccc2c3c(c(O)ccc13)-c1ccccc1-2. The van der Waals surface area contributed by atoms with Gasteiger partial charge in [0.15, 0.2) is 0 Å². The Kier molecular flexibility index (Phi) is 1.96. The van der Waals surface area contributed by atoms with Crippen molar-refractivity contribution in [3.8, 4) is 28.0 Å². The average Bonchev–Trinajstić information content (AvgIpc) is 2.79. The molecule has 3 aromatic carbocycles. The molecule has 20 heavy (non-hydrogen) atoms. The van der Waals surface area contributed by atoms with E-state index in [1.807, 2.05) is 24.3 Å². The molecule has 96 valence electrons. The van der Waals surface area contributed by atoms with E-state index in [2.05, 4.69) is 0 Å². The van der Waals surface area contributed by atoms with Crippen molar-refractivity contribution in [3.63, 3.8) is 0 Å². The van der Waals surface area contributed by atoms with Crippen LogP contribution in [0.25, 0.3) is 33.0 Å². The van der Waals surface area contributed by atoms with Gasteiger partial charge >= 0.3 is 0 Å². The Morgan fingerprint density at radius 2 is 1.65 bits per heavy atom. The second-order valence-corrected chi connectivity index (χ2v) is 4.82. The molecular formula is C16H9NO3. The normalized spacial score (nSPS) is 11.6. The molecule has 1 N–H and O–H groups in total. The van der Waals surface area contributed by atoms with Gasteiger partial charge in [0.25, 0.3) is 5.69 Å². The Bertz CT molecular complexity index is 900. The third kappa shape index (κ3) is 1.20. The summed E-state index contributed by atoms with van der Waals surface area (Å²) in [4.78, 5) is 10.8. The number of non-ortho nitro benzene ring substituents is 1. The first-order valence-electron chi connectivity index (χ1n) is 6.21. The Hall–Kier alpha value is -2.88. The Balaban J connectivity index is 2.26. The summed E-state index contributed by atoms with van der Waals surface area (Å²) in [7, 11) is 0. The van der Waals surface area contributed by atoms with Crippen LogP contribution in [0.5, 0.6) is 5.75 Å². The number of aromatic hydroxyl groups is 1. The van der Waals surface area contributed by atoms with Gasteiger partial charge in [-0.1, -0.05) is 24.3 Å². The van der Waals surface area contributed by atoms with Gasteiger partial charge in [-0.15, -0.1) is 0 Å². The molecule has 0 aromatic heterocycles. The van der Waals surface area contributed by atoms with E-state index in [1.165, 1.54) is 12.1 Å². The van der Waals surface area contributed by atoms with E-state index in [4.69, 9.17) is 0 Å². The maximum atomic E-state index is 11.2. The van der Waals surface area contributed by atoms with Crippen molar-refractivity contribution >= 4 is 16.5 Å². The van der Waals surface area contributed by atoms with Crippen LogP contribution in [0.3, 0.4) is 0 Å². The smallest absolute Gasteiger partial charge is 0.277 e. The van der Waals surface area contributed by atoms with Crippen LogP contribution < -0.4 is 0 Å². The van der Waals surface area contributed by atoms with E-state index >= 15 is 0 Å². The molecule has 1 aliphatic rings. The predicted octanol–water partition coefficient (Wildman–Crippen LogP) is 4.10. The summed E-state index contributed by atoms with van der Waals surface area (Å²) in [5.74, 6) is 0.157. The molecule has 1 aliphatic carbocycles. The van der Waals surface area contributed by atoms with E-state index in [0.717, 1.165) is 22.1 Å². The van der Waals surface area contributed by atoms with Crippen molar-refractivity contribution < 1.29 is 10.0 Å². The highest BCUT2D eigenvalue weighted by molar-refractivity contribution is 6.18. The fourth-order valence-corrected chi connectivity index (χ4v) is 3.01. The summed E-state index contributed by atoms with van der Waals surface area (Å²) >= 11 is 0. The van der Waals surface area contributed by atoms with Crippen LogP contribution in [-0.4, -0.2) is 10.0 Å². The Labute approximate surface area is 114 Å². The minimum absolute atomic E-state index is 0.0674. The first-order valence-corrected chi connectivity index (χ1v) is 6.21. The molecule has 0 saturated carbocycles. The Morgan fingerprint density at radius 1 is 0.900 bits per heavy atom. The first kappa shape index (κ1) is 11.0. The highest BCUT2D eigenvalue weighted by Gasteiger charge is 2.27. The van der Waals surface area contributed by atoms with Gasteiger partial charge in [0.2, 0.25) is 0 Å². The minimum atomic E-state index is -0.386. The number of fused-ring (bicyclic) bond motifs is 3. The van der Waals surface area contributed by atoms with Crippen molar-refractivity contribution in [3.05, 3.63) is 58.6 Å². The van der Waals surface area contributed by atoms with Crippen LogP contribution in [0.4, 0.5) is 5.69 Å². The zero-order chi connectivity index (χ0) is 13.9. The lowest BCUT2D eigenvalue weighted by Gasteiger charge is -2.05. The van der Waals surface area contributed by atoms with Crippen LogP contribution in [0.15, 0.2) is 48.5 Å². The average molecular weight is 263 g/mol. The standard InChI is InChI=1S/C16H9NO3/c18-14-8-6-12-13(17(19)20)7-5-11-9-3-1-2-4-10(9)16(14)15(11)12/h1-8,18H. The fraction of sp³-hybridized carbons (Fsp3) is 0. The van der Waals surface area contributed by atoms with Gasteiger partial charge in [-0.3, -0.25) is 10.1 Å². The molecule has 0 amide bonds. The molecule has 3 aromatic rings. The van der Waals surface area contributed by atoms with Crippen LogP contribution in [0.1, 0.15) is 0 Å². The monoisotopic (exact) mass is 263 g/mol. The summed E-state index contributed by atoms with van der Waals surface area (Å²) in [5, 5.41) is 22.6. The molecule has 0 atom stereocenters. The van der Waals surface area contributed by atoms with Gasteiger partial charge in [-0.25, -0.2) is 0 Å². The van der Waals surface area contributed by atoms with Crippen molar-refractivity contribution in [2.45, 2.75) is 0 Å². The molecule has 4 nitrogen and oxygen atoms in total. The van der Waals surface area contributed by atoms with Crippen LogP contribution in [0.2, 0.25) is 0 Å². The quantitative estimate of drug-likeness (QED) is 0.415. The lowest BCUT2D eigenvalue weighted by molar-refractivity contribution is -0.383. The zero-order valence-electron chi connectivity index (χ0n) is 10.3. The lowest BCUT2D eigenvalue weighted by Crippen LogP contribution is -1.90. The molecule has 0 saturated heterocycles. The van der Waals surface area contributed by atoms with Gasteiger partial charge < -0.3 is 5.11 Å². The number of phenols is 1. The first-order chi connectivity index (χ1) is 9.68. The number of phenolic OH excluding ortho intramolecular Hbond substituents is 1. The minimum Gasteiger partial charge on any atom is -0.507 e. The van der Waals surface area contributed by atoms with Crippen molar-refractivity contribution in [2.75, 3.05) is 0 Å². The molecule has 0 bridgehead atoms. The van der Waals surface area contributed by atoms with Crippen molar-refractivity contribution in [1.29, 1.82) is 0 Å². The summed E-state index contributed by atoms with van der Waals surface area (Å²) in [6.45, 7) is 0.